The maximum Gasteiger partial charge on any atom is 0.246 e. The molecule has 0 saturated heterocycles. The summed E-state index contributed by atoms with van der Waals surface area (Å²) < 4.78 is 5.06. The highest BCUT2D eigenvalue weighted by Gasteiger charge is 2.05. The number of carbonyl (C=O) groups excluding carboxylic acids is 1. The summed E-state index contributed by atoms with van der Waals surface area (Å²) in [4.78, 5) is 13.6. The van der Waals surface area contributed by atoms with Gasteiger partial charge in [-0.1, -0.05) is 24.3 Å². The van der Waals surface area contributed by atoms with Crippen molar-refractivity contribution >= 4 is 5.91 Å². The van der Waals surface area contributed by atoms with E-state index in [0.29, 0.717) is 13.2 Å². The fourth-order valence-electron chi connectivity index (χ4n) is 1.66. The Morgan fingerprint density at radius 1 is 1.28 bits per heavy atom. The highest BCUT2D eigenvalue weighted by atomic mass is 16.5. The molecule has 0 unspecified atom stereocenters. The van der Waals surface area contributed by atoms with Gasteiger partial charge >= 0.3 is 0 Å². The fraction of sp³-hybridized carbons (Fsp3) is 0.500. The van der Waals surface area contributed by atoms with E-state index in [4.69, 9.17) is 4.74 Å². The predicted molar refractivity (Wildman–Crippen MR) is 72.2 cm³/mol. The second-order valence-corrected chi connectivity index (χ2v) is 4.42. The standard InChI is InChI=1S/C14H22N2O2/c1-4-18-11-14(17)15-9-12-7-5-6-8-13(12)10-16(2)3/h5-8H,4,9-11H2,1-3H3,(H,15,17). The smallest absolute Gasteiger partial charge is 0.246 e. The molecule has 0 aliphatic rings. The van der Waals surface area contributed by atoms with Crippen molar-refractivity contribution < 1.29 is 9.53 Å². The van der Waals surface area contributed by atoms with Crippen LogP contribution < -0.4 is 5.32 Å². The van der Waals surface area contributed by atoms with E-state index in [-0.39, 0.29) is 12.5 Å². The van der Waals surface area contributed by atoms with Crippen LogP contribution in [0.3, 0.4) is 0 Å². The molecule has 1 N–H and O–H groups in total. The molecular formula is C14H22N2O2. The zero-order valence-corrected chi connectivity index (χ0v) is 11.4. The van der Waals surface area contributed by atoms with Crippen LogP contribution in [0.25, 0.3) is 0 Å². The molecule has 0 saturated carbocycles. The van der Waals surface area contributed by atoms with Crippen LogP contribution in [0.5, 0.6) is 0 Å². The van der Waals surface area contributed by atoms with Gasteiger partial charge in [0.25, 0.3) is 0 Å². The fourth-order valence-corrected chi connectivity index (χ4v) is 1.66. The first kappa shape index (κ1) is 14.7. The molecule has 0 radical (unpaired) electrons. The summed E-state index contributed by atoms with van der Waals surface area (Å²) in [6.45, 7) is 3.99. The molecule has 1 aromatic rings. The zero-order valence-electron chi connectivity index (χ0n) is 11.4. The number of hydrogen-bond acceptors (Lipinski definition) is 3. The van der Waals surface area contributed by atoms with Crippen LogP contribution in [0, 0.1) is 0 Å². The largest absolute Gasteiger partial charge is 0.372 e. The van der Waals surface area contributed by atoms with Crippen LogP contribution >= 0.6 is 0 Å². The van der Waals surface area contributed by atoms with Crippen molar-refractivity contribution in [3.05, 3.63) is 35.4 Å². The third-order valence-electron chi connectivity index (χ3n) is 2.52. The van der Waals surface area contributed by atoms with Crippen LogP contribution in [0.15, 0.2) is 24.3 Å². The normalized spacial score (nSPS) is 10.7. The van der Waals surface area contributed by atoms with E-state index in [2.05, 4.69) is 16.3 Å². The summed E-state index contributed by atoms with van der Waals surface area (Å²) in [5.41, 5.74) is 2.38. The van der Waals surface area contributed by atoms with E-state index in [1.165, 1.54) is 5.56 Å². The van der Waals surface area contributed by atoms with Gasteiger partial charge in [0.05, 0.1) is 0 Å². The third-order valence-corrected chi connectivity index (χ3v) is 2.52. The maximum absolute atomic E-state index is 11.5. The average molecular weight is 250 g/mol. The Hall–Kier alpha value is -1.39. The molecule has 0 aromatic heterocycles. The second kappa shape index (κ2) is 7.84. The Morgan fingerprint density at radius 3 is 2.56 bits per heavy atom. The third kappa shape index (κ3) is 5.29. The summed E-state index contributed by atoms with van der Waals surface area (Å²) in [5, 5.41) is 2.86. The maximum atomic E-state index is 11.5. The minimum Gasteiger partial charge on any atom is -0.372 e. The van der Waals surface area contributed by atoms with E-state index >= 15 is 0 Å². The van der Waals surface area contributed by atoms with Crippen molar-refractivity contribution in [2.45, 2.75) is 20.0 Å². The number of nitrogens with zero attached hydrogens (tertiary/aromatic N) is 1. The number of benzene rings is 1. The van der Waals surface area contributed by atoms with Crippen molar-refractivity contribution in [2.75, 3.05) is 27.3 Å². The summed E-state index contributed by atoms with van der Waals surface area (Å²) >= 11 is 0. The monoisotopic (exact) mass is 250 g/mol. The molecule has 0 aliphatic heterocycles. The molecule has 0 spiro atoms. The summed E-state index contributed by atoms with van der Waals surface area (Å²) in [5.74, 6) is -0.0727. The predicted octanol–water partition coefficient (Wildman–Crippen LogP) is 1.40. The topological polar surface area (TPSA) is 41.6 Å². The van der Waals surface area contributed by atoms with Gasteiger partial charge in [-0.25, -0.2) is 0 Å². The lowest BCUT2D eigenvalue weighted by molar-refractivity contribution is -0.125. The van der Waals surface area contributed by atoms with E-state index in [1.807, 2.05) is 39.2 Å². The van der Waals surface area contributed by atoms with Gasteiger partial charge in [-0.3, -0.25) is 4.79 Å². The first-order valence-corrected chi connectivity index (χ1v) is 6.19. The highest BCUT2D eigenvalue weighted by molar-refractivity contribution is 5.77. The van der Waals surface area contributed by atoms with Gasteiger partial charge in [0.2, 0.25) is 5.91 Å². The van der Waals surface area contributed by atoms with Gasteiger partial charge in [-0.05, 0) is 32.1 Å². The van der Waals surface area contributed by atoms with Gasteiger partial charge < -0.3 is 15.0 Å². The Balaban J connectivity index is 2.53. The lowest BCUT2D eigenvalue weighted by Crippen LogP contribution is -2.27. The SMILES string of the molecule is CCOCC(=O)NCc1ccccc1CN(C)C. The van der Waals surface area contributed by atoms with E-state index in [1.54, 1.807) is 0 Å². The minimum absolute atomic E-state index is 0.0727. The molecular weight excluding hydrogens is 228 g/mol. The molecule has 4 nitrogen and oxygen atoms in total. The number of hydrogen-bond donors (Lipinski definition) is 1. The Kier molecular flexibility index (Phi) is 6.39. The van der Waals surface area contributed by atoms with Crippen molar-refractivity contribution in [3.63, 3.8) is 0 Å². The molecule has 0 atom stereocenters. The molecule has 1 rings (SSSR count). The number of amides is 1. The Morgan fingerprint density at radius 2 is 1.94 bits per heavy atom. The molecule has 0 fully saturated rings. The molecule has 0 heterocycles. The van der Waals surface area contributed by atoms with Crippen LogP contribution in [0.4, 0.5) is 0 Å². The van der Waals surface area contributed by atoms with Gasteiger partial charge in [0.15, 0.2) is 0 Å². The first-order valence-electron chi connectivity index (χ1n) is 6.19. The van der Waals surface area contributed by atoms with Gasteiger partial charge in [0.1, 0.15) is 6.61 Å². The lowest BCUT2D eigenvalue weighted by Gasteiger charge is -2.14. The van der Waals surface area contributed by atoms with Crippen molar-refractivity contribution in [2.24, 2.45) is 0 Å². The molecule has 1 amide bonds. The van der Waals surface area contributed by atoms with Crippen LogP contribution in [0.2, 0.25) is 0 Å². The minimum atomic E-state index is -0.0727. The van der Waals surface area contributed by atoms with Crippen LogP contribution in [-0.2, 0) is 22.6 Å². The van der Waals surface area contributed by atoms with E-state index in [9.17, 15) is 4.79 Å². The van der Waals surface area contributed by atoms with Crippen LogP contribution in [-0.4, -0.2) is 38.1 Å². The Bertz CT molecular complexity index is 378. The zero-order chi connectivity index (χ0) is 13.4. The number of rotatable bonds is 7. The molecule has 0 aliphatic carbocycles. The molecule has 0 bridgehead atoms. The van der Waals surface area contributed by atoms with Gasteiger partial charge in [0, 0.05) is 19.7 Å². The van der Waals surface area contributed by atoms with E-state index < -0.39 is 0 Å². The summed E-state index contributed by atoms with van der Waals surface area (Å²) in [6, 6.07) is 8.14. The van der Waals surface area contributed by atoms with Crippen molar-refractivity contribution in [1.82, 2.24) is 10.2 Å². The first-order chi connectivity index (χ1) is 8.63. The summed E-state index contributed by atoms with van der Waals surface area (Å²) in [7, 11) is 4.06. The average Bonchev–Trinajstić information content (AvgIpc) is 2.34. The Labute approximate surface area is 109 Å². The van der Waals surface area contributed by atoms with Gasteiger partial charge in [-0.15, -0.1) is 0 Å². The van der Waals surface area contributed by atoms with Crippen LogP contribution in [0.1, 0.15) is 18.1 Å². The highest BCUT2D eigenvalue weighted by Crippen LogP contribution is 2.10. The van der Waals surface area contributed by atoms with E-state index in [0.717, 1.165) is 12.1 Å². The quantitative estimate of drug-likeness (QED) is 0.795. The number of carbonyl (C=O) groups is 1. The number of nitrogens with one attached hydrogen (secondary N) is 1. The molecule has 4 heteroatoms. The second-order valence-electron chi connectivity index (χ2n) is 4.42. The summed E-state index contributed by atoms with van der Waals surface area (Å²) in [6.07, 6.45) is 0. The molecule has 18 heavy (non-hydrogen) atoms. The molecule has 1 aromatic carbocycles. The molecule has 100 valence electrons. The number of ether oxygens (including phenoxy) is 1. The lowest BCUT2D eigenvalue weighted by atomic mass is 10.1. The van der Waals surface area contributed by atoms with Crippen molar-refractivity contribution in [1.29, 1.82) is 0 Å². The van der Waals surface area contributed by atoms with Crippen molar-refractivity contribution in [3.8, 4) is 0 Å². The van der Waals surface area contributed by atoms with Gasteiger partial charge in [-0.2, -0.15) is 0 Å².